The van der Waals surface area contributed by atoms with E-state index >= 15 is 0 Å². The van der Waals surface area contributed by atoms with Crippen LogP contribution in [0.15, 0.2) is 24.3 Å². The smallest absolute Gasteiger partial charge is 0.305 e. The molecule has 0 aliphatic carbocycles. The lowest BCUT2D eigenvalue weighted by molar-refractivity contribution is -0.143. The van der Waals surface area contributed by atoms with E-state index in [-0.39, 0.29) is 23.7 Å². The molecule has 0 radical (unpaired) electrons. The Morgan fingerprint density at radius 1 is 0.897 bits per heavy atom. The van der Waals surface area contributed by atoms with Crippen LogP contribution in [0.4, 0.5) is 0 Å². The van der Waals surface area contributed by atoms with Gasteiger partial charge in [0, 0.05) is 25.9 Å². The predicted octanol–water partition coefficient (Wildman–Crippen LogP) is 3.08. The number of hydrogen-bond donors (Lipinski definition) is 1. The van der Waals surface area contributed by atoms with Crippen molar-refractivity contribution < 1.29 is 23.9 Å². The average Bonchev–Trinajstić information content (AvgIpc) is 2.95. The molecule has 3 amide bonds. The van der Waals surface area contributed by atoms with Gasteiger partial charge in [-0.05, 0) is 44.7 Å². The third-order valence-corrected chi connectivity index (χ3v) is 4.85. The molecule has 0 bridgehead atoms. The van der Waals surface area contributed by atoms with Gasteiger partial charge in [-0.2, -0.15) is 0 Å². The molecule has 7 nitrogen and oxygen atoms in total. The van der Waals surface area contributed by atoms with Gasteiger partial charge in [-0.1, -0.05) is 25.0 Å². The molecule has 1 heterocycles. The Bertz CT molecular complexity index is 697. The first-order valence-electron chi connectivity index (χ1n) is 10.4. The molecule has 29 heavy (non-hydrogen) atoms. The van der Waals surface area contributed by atoms with Crippen LogP contribution in [0.25, 0.3) is 0 Å². The number of amides is 3. The third-order valence-electron chi connectivity index (χ3n) is 4.85. The van der Waals surface area contributed by atoms with Crippen LogP contribution < -0.4 is 5.32 Å². The van der Waals surface area contributed by atoms with Gasteiger partial charge in [0.25, 0.3) is 11.8 Å². The van der Waals surface area contributed by atoms with Gasteiger partial charge in [0.15, 0.2) is 0 Å². The zero-order valence-corrected chi connectivity index (χ0v) is 17.1. The van der Waals surface area contributed by atoms with Crippen molar-refractivity contribution >= 4 is 23.7 Å². The molecular weight excluding hydrogens is 372 g/mol. The van der Waals surface area contributed by atoms with Gasteiger partial charge in [-0.3, -0.25) is 24.1 Å². The highest BCUT2D eigenvalue weighted by Gasteiger charge is 2.34. The van der Waals surface area contributed by atoms with E-state index in [2.05, 4.69) is 5.32 Å². The molecular formula is C22H30N2O5. The predicted molar refractivity (Wildman–Crippen MR) is 108 cm³/mol. The van der Waals surface area contributed by atoms with E-state index in [4.69, 9.17) is 4.74 Å². The maximum Gasteiger partial charge on any atom is 0.305 e. The molecule has 0 aromatic heterocycles. The summed E-state index contributed by atoms with van der Waals surface area (Å²) in [7, 11) is 0. The maximum atomic E-state index is 12.3. The minimum atomic E-state index is -0.230. The number of rotatable bonds is 13. The van der Waals surface area contributed by atoms with Crippen LogP contribution in [0.3, 0.4) is 0 Å². The summed E-state index contributed by atoms with van der Waals surface area (Å²) < 4.78 is 4.86. The molecule has 0 saturated carbocycles. The number of fused-ring (bicyclic) bond motifs is 1. The number of ether oxygens (including phenoxy) is 1. The van der Waals surface area contributed by atoms with Crippen LogP contribution in [0.5, 0.6) is 0 Å². The molecule has 1 aliphatic heterocycles. The Hall–Kier alpha value is -2.70. The molecule has 158 valence electrons. The van der Waals surface area contributed by atoms with E-state index in [1.54, 1.807) is 31.2 Å². The van der Waals surface area contributed by atoms with Gasteiger partial charge in [-0.25, -0.2) is 0 Å². The first-order chi connectivity index (χ1) is 14.0. The van der Waals surface area contributed by atoms with Gasteiger partial charge >= 0.3 is 5.97 Å². The lowest BCUT2D eigenvalue weighted by atomic mass is 10.1. The Balaban J connectivity index is 1.50. The Morgan fingerprint density at radius 3 is 2.17 bits per heavy atom. The second-order valence-corrected chi connectivity index (χ2v) is 7.08. The van der Waals surface area contributed by atoms with Crippen molar-refractivity contribution in [1.29, 1.82) is 0 Å². The summed E-state index contributed by atoms with van der Waals surface area (Å²) in [6.45, 7) is 3.19. The number of nitrogens with one attached hydrogen (secondary N) is 1. The van der Waals surface area contributed by atoms with Gasteiger partial charge in [0.1, 0.15) is 0 Å². The molecule has 0 fully saturated rings. The van der Waals surface area contributed by atoms with E-state index in [0.717, 1.165) is 32.1 Å². The second kappa shape index (κ2) is 12.0. The van der Waals surface area contributed by atoms with Crippen LogP contribution >= 0.6 is 0 Å². The fourth-order valence-electron chi connectivity index (χ4n) is 3.29. The summed E-state index contributed by atoms with van der Waals surface area (Å²) >= 11 is 0. The van der Waals surface area contributed by atoms with Crippen LogP contribution in [-0.4, -0.2) is 48.3 Å². The normalized spacial score (nSPS) is 12.8. The minimum Gasteiger partial charge on any atom is -0.466 e. The van der Waals surface area contributed by atoms with Crippen LogP contribution in [0.2, 0.25) is 0 Å². The van der Waals surface area contributed by atoms with Gasteiger partial charge in [0.05, 0.1) is 17.7 Å². The minimum absolute atomic E-state index is 0.0103. The quantitative estimate of drug-likeness (QED) is 0.311. The molecule has 1 aromatic rings. The van der Waals surface area contributed by atoms with Crippen molar-refractivity contribution in [2.24, 2.45) is 0 Å². The fraction of sp³-hybridized carbons (Fsp3) is 0.545. The van der Waals surface area contributed by atoms with E-state index < -0.39 is 0 Å². The Labute approximate surface area is 171 Å². The van der Waals surface area contributed by atoms with E-state index in [1.165, 1.54) is 4.90 Å². The van der Waals surface area contributed by atoms with Crippen LogP contribution in [0.1, 0.15) is 79.0 Å². The van der Waals surface area contributed by atoms with Gasteiger partial charge < -0.3 is 10.1 Å². The Morgan fingerprint density at radius 2 is 1.52 bits per heavy atom. The summed E-state index contributed by atoms with van der Waals surface area (Å²) in [6, 6.07) is 6.87. The van der Waals surface area contributed by atoms with Crippen molar-refractivity contribution in [3.05, 3.63) is 35.4 Å². The van der Waals surface area contributed by atoms with Crippen molar-refractivity contribution in [3.63, 3.8) is 0 Å². The third kappa shape index (κ3) is 7.00. The standard InChI is InChI=1S/C22H30N2O5/c1-2-29-20(26)14-6-3-9-15-23-19(25)13-5-4-10-16-24-21(27)17-11-7-8-12-18(17)22(24)28/h7-8,11-12H,2-6,9-10,13-16H2,1H3,(H,23,25). The van der Waals surface area contributed by atoms with Crippen molar-refractivity contribution in [3.8, 4) is 0 Å². The summed E-state index contributed by atoms with van der Waals surface area (Å²) in [5.74, 6) is -0.619. The largest absolute Gasteiger partial charge is 0.466 e. The maximum absolute atomic E-state index is 12.3. The molecule has 0 spiro atoms. The number of esters is 1. The number of carbonyl (C=O) groups excluding carboxylic acids is 4. The SMILES string of the molecule is CCOC(=O)CCCCCNC(=O)CCCCCN1C(=O)c2ccccc2C1=O. The molecule has 1 aliphatic rings. The number of carbonyl (C=O) groups is 4. The highest BCUT2D eigenvalue weighted by molar-refractivity contribution is 6.21. The zero-order chi connectivity index (χ0) is 21.1. The van der Waals surface area contributed by atoms with Crippen LogP contribution in [0, 0.1) is 0 Å². The van der Waals surface area contributed by atoms with Crippen molar-refractivity contribution in [2.45, 2.75) is 58.3 Å². The first kappa shape index (κ1) is 22.6. The average molecular weight is 402 g/mol. The zero-order valence-electron chi connectivity index (χ0n) is 17.1. The number of nitrogens with zero attached hydrogens (tertiary/aromatic N) is 1. The second-order valence-electron chi connectivity index (χ2n) is 7.08. The van der Waals surface area contributed by atoms with E-state index in [1.807, 2.05) is 0 Å². The molecule has 0 atom stereocenters. The highest BCUT2D eigenvalue weighted by atomic mass is 16.5. The monoisotopic (exact) mass is 402 g/mol. The van der Waals surface area contributed by atoms with Gasteiger partial charge in [-0.15, -0.1) is 0 Å². The van der Waals surface area contributed by atoms with Gasteiger partial charge in [0.2, 0.25) is 5.91 Å². The molecule has 1 aromatic carbocycles. The summed E-state index contributed by atoms with van der Waals surface area (Å²) in [5.41, 5.74) is 0.943. The number of hydrogen-bond acceptors (Lipinski definition) is 5. The number of imide groups is 1. The number of benzene rings is 1. The molecule has 7 heteroatoms. The first-order valence-corrected chi connectivity index (χ1v) is 10.4. The lowest BCUT2D eigenvalue weighted by Crippen LogP contribution is -2.30. The lowest BCUT2D eigenvalue weighted by Gasteiger charge is -2.13. The summed E-state index contributed by atoms with van der Waals surface area (Å²) in [4.78, 5) is 48.8. The fourth-order valence-corrected chi connectivity index (χ4v) is 3.29. The van der Waals surface area contributed by atoms with E-state index in [9.17, 15) is 19.2 Å². The molecule has 0 unspecified atom stereocenters. The topological polar surface area (TPSA) is 92.8 Å². The van der Waals surface area contributed by atoms with Crippen molar-refractivity contribution in [2.75, 3.05) is 19.7 Å². The Kier molecular flexibility index (Phi) is 9.34. The molecule has 2 rings (SSSR count). The number of unbranched alkanes of at least 4 members (excludes halogenated alkanes) is 4. The highest BCUT2D eigenvalue weighted by Crippen LogP contribution is 2.22. The summed E-state index contributed by atoms with van der Waals surface area (Å²) in [5, 5.41) is 2.88. The molecule has 0 saturated heterocycles. The van der Waals surface area contributed by atoms with E-state index in [0.29, 0.717) is 50.1 Å². The molecule has 1 N–H and O–H groups in total. The summed E-state index contributed by atoms with van der Waals surface area (Å²) in [6.07, 6.45) is 5.53. The van der Waals surface area contributed by atoms with Crippen molar-refractivity contribution in [1.82, 2.24) is 10.2 Å². The van der Waals surface area contributed by atoms with Crippen LogP contribution in [-0.2, 0) is 14.3 Å².